The lowest BCUT2D eigenvalue weighted by Gasteiger charge is -2.38. The molecule has 7 heteroatoms. The van der Waals surface area contributed by atoms with Gasteiger partial charge in [0.15, 0.2) is 8.24 Å². The molecule has 2 rings (SSSR count). The van der Waals surface area contributed by atoms with Gasteiger partial charge in [-0.25, -0.2) is 4.98 Å². The van der Waals surface area contributed by atoms with Crippen LogP contribution in [0, 0.1) is 0 Å². The molecule has 2 nitrogen and oxygen atoms in total. The van der Waals surface area contributed by atoms with Gasteiger partial charge in [0.2, 0.25) is 0 Å². The molecule has 0 saturated heterocycles. The Labute approximate surface area is 118 Å². The van der Waals surface area contributed by atoms with Gasteiger partial charge in [0, 0.05) is 6.20 Å². The summed E-state index contributed by atoms with van der Waals surface area (Å²) in [5.74, 6) is 0. The van der Waals surface area contributed by atoms with Gasteiger partial charge in [-0.1, -0.05) is 45.4 Å². The number of pyridine rings is 1. The molecule has 0 fully saturated rings. The second-order valence-corrected chi connectivity index (χ2v) is 11.8. The van der Waals surface area contributed by atoms with Crippen molar-refractivity contribution in [3.63, 3.8) is 0 Å². The molecule has 0 spiro atoms. The van der Waals surface area contributed by atoms with Crippen molar-refractivity contribution in [3.8, 4) is 0 Å². The monoisotopic (exact) mass is 299 g/mol. The van der Waals surface area contributed by atoms with Crippen molar-refractivity contribution in [3.05, 3.63) is 24.5 Å². The molecular formula is C13H19BF3N2Si-. The molecule has 0 unspecified atom stereocenters. The third-order valence-corrected chi connectivity index (χ3v) is 9.60. The van der Waals surface area contributed by atoms with Crippen LogP contribution in [0.15, 0.2) is 24.5 Å². The molecule has 110 valence electrons. The Morgan fingerprint density at radius 2 is 1.80 bits per heavy atom. The first kappa shape index (κ1) is 15.2. The number of fused-ring (bicyclic) bond motifs is 1. The van der Waals surface area contributed by atoms with Crippen molar-refractivity contribution in [2.45, 2.75) is 38.9 Å². The van der Waals surface area contributed by atoms with E-state index >= 15 is 0 Å². The molecule has 2 aromatic heterocycles. The normalized spacial score (nSPS) is 14.0. The number of aromatic nitrogens is 2. The fraction of sp³-hybridized carbons (Fsp3) is 0.462. The van der Waals surface area contributed by atoms with Crippen LogP contribution in [0.5, 0.6) is 0 Å². The number of nitrogens with zero attached hydrogens (tertiary/aromatic N) is 2. The van der Waals surface area contributed by atoms with E-state index in [4.69, 9.17) is 0 Å². The maximum atomic E-state index is 13.3. The summed E-state index contributed by atoms with van der Waals surface area (Å²) >= 11 is 0. The third kappa shape index (κ3) is 2.28. The fourth-order valence-corrected chi connectivity index (χ4v) is 4.02. The Hall–Kier alpha value is -1.24. The minimum absolute atomic E-state index is 0.0632. The second-order valence-electron chi connectivity index (χ2n) is 6.71. The average Bonchev–Trinajstić information content (AvgIpc) is 2.66. The SMILES string of the molecule is CC(C)(C)[Si](C)(C)n1cc([B-](F)(F)F)c2cccnc21. The zero-order valence-corrected chi connectivity index (χ0v) is 13.4. The summed E-state index contributed by atoms with van der Waals surface area (Å²) in [6.45, 7) is 5.35. The standard InChI is InChI=1S/C13H19BF3N2Si/c1-13(2,3)20(4,5)19-9-11(14(15,16)17)10-7-6-8-18-12(10)19/h6-9H,1-5H3/q-1. The number of halogens is 3. The first-order chi connectivity index (χ1) is 8.96. The Morgan fingerprint density at radius 3 is 2.30 bits per heavy atom. The maximum Gasteiger partial charge on any atom is 0.511 e. The highest BCUT2D eigenvalue weighted by molar-refractivity contribution is 6.81. The van der Waals surface area contributed by atoms with Gasteiger partial charge < -0.3 is 17.2 Å². The van der Waals surface area contributed by atoms with Crippen molar-refractivity contribution in [2.75, 3.05) is 0 Å². The number of hydrogen-bond acceptors (Lipinski definition) is 1. The molecule has 2 aromatic rings. The molecular weight excluding hydrogens is 280 g/mol. The first-order valence-electron chi connectivity index (χ1n) is 6.62. The molecule has 20 heavy (non-hydrogen) atoms. The molecule has 0 bridgehead atoms. The number of rotatable bonds is 2. The largest absolute Gasteiger partial charge is 0.511 e. The van der Waals surface area contributed by atoms with Gasteiger partial charge in [-0.3, -0.25) is 0 Å². The van der Waals surface area contributed by atoms with E-state index < -0.39 is 20.7 Å². The van der Waals surface area contributed by atoms with Crippen molar-refractivity contribution >= 4 is 31.7 Å². The lowest BCUT2D eigenvalue weighted by Crippen LogP contribution is -2.45. The van der Waals surface area contributed by atoms with Crippen LogP contribution in [-0.2, 0) is 0 Å². The van der Waals surface area contributed by atoms with Crippen molar-refractivity contribution in [1.29, 1.82) is 0 Å². The summed E-state index contributed by atoms with van der Waals surface area (Å²) in [6.07, 6.45) is 2.83. The maximum absolute atomic E-state index is 13.3. The molecule has 0 N–H and O–H groups in total. The highest BCUT2D eigenvalue weighted by Gasteiger charge is 2.40. The van der Waals surface area contributed by atoms with E-state index in [0.29, 0.717) is 5.65 Å². The van der Waals surface area contributed by atoms with Gasteiger partial charge in [0.05, 0.1) is 0 Å². The molecule has 0 saturated carbocycles. The van der Waals surface area contributed by atoms with E-state index in [2.05, 4.69) is 38.8 Å². The van der Waals surface area contributed by atoms with Crippen LogP contribution in [0.3, 0.4) is 0 Å². The Bertz CT molecular complexity index is 641. The van der Waals surface area contributed by atoms with E-state index in [1.165, 1.54) is 12.3 Å². The van der Waals surface area contributed by atoms with Crippen LogP contribution in [0.1, 0.15) is 20.8 Å². The van der Waals surface area contributed by atoms with Crippen LogP contribution in [0.25, 0.3) is 11.0 Å². The van der Waals surface area contributed by atoms with Gasteiger partial charge >= 0.3 is 6.98 Å². The topological polar surface area (TPSA) is 17.8 Å². The van der Waals surface area contributed by atoms with Crippen molar-refractivity contribution in [1.82, 2.24) is 9.22 Å². The Balaban J connectivity index is 2.80. The predicted molar refractivity (Wildman–Crippen MR) is 81.0 cm³/mol. The highest BCUT2D eigenvalue weighted by atomic mass is 28.3. The van der Waals surface area contributed by atoms with E-state index in [1.54, 1.807) is 16.5 Å². The summed E-state index contributed by atoms with van der Waals surface area (Å²) in [4.78, 5) is 4.20. The zero-order valence-electron chi connectivity index (χ0n) is 12.4. The summed E-state index contributed by atoms with van der Waals surface area (Å²) in [5, 5.41) is 0.150. The lowest BCUT2D eigenvalue weighted by atomic mass is 9.80. The number of hydrogen-bond donors (Lipinski definition) is 0. The van der Waals surface area contributed by atoms with Crippen LogP contribution in [0.4, 0.5) is 12.9 Å². The minimum Gasteiger partial charge on any atom is -0.445 e. The molecule has 0 aliphatic heterocycles. The van der Waals surface area contributed by atoms with Gasteiger partial charge in [-0.15, -0.1) is 0 Å². The molecule has 0 aliphatic rings. The van der Waals surface area contributed by atoms with Crippen LogP contribution < -0.4 is 5.46 Å². The molecule has 0 atom stereocenters. The van der Waals surface area contributed by atoms with Gasteiger partial charge in [-0.2, -0.15) is 0 Å². The average molecular weight is 299 g/mol. The highest BCUT2D eigenvalue weighted by Crippen LogP contribution is 2.38. The van der Waals surface area contributed by atoms with E-state index in [9.17, 15) is 12.9 Å². The fourth-order valence-electron chi connectivity index (χ4n) is 2.13. The smallest absolute Gasteiger partial charge is 0.445 e. The van der Waals surface area contributed by atoms with Gasteiger partial charge in [0.1, 0.15) is 5.65 Å². The zero-order chi connectivity index (χ0) is 15.3. The first-order valence-corrected chi connectivity index (χ1v) is 9.57. The van der Waals surface area contributed by atoms with Gasteiger partial charge in [0.25, 0.3) is 0 Å². The van der Waals surface area contributed by atoms with Gasteiger partial charge in [-0.05, 0) is 22.7 Å². The summed E-state index contributed by atoms with van der Waals surface area (Å²) in [7, 11) is -2.14. The molecule has 2 heterocycles. The van der Waals surface area contributed by atoms with E-state index in [1.807, 2.05) is 0 Å². The molecule has 0 aliphatic carbocycles. The van der Waals surface area contributed by atoms with Crippen LogP contribution in [0.2, 0.25) is 18.1 Å². The van der Waals surface area contributed by atoms with Crippen LogP contribution >= 0.6 is 0 Å². The minimum atomic E-state index is -5.03. The summed E-state index contributed by atoms with van der Waals surface area (Å²) in [5.41, 5.74) is -0.0776. The summed E-state index contributed by atoms with van der Waals surface area (Å²) < 4.78 is 41.6. The molecule has 0 aromatic carbocycles. The molecule has 0 amide bonds. The molecule has 0 radical (unpaired) electrons. The van der Waals surface area contributed by atoms with E-state index in [-0.39, 0.29) is 10.4 Å². The van der Waals surface area contributed by atoms with E-state index in [0.717, 1.165) is 0 Å². The van der Waals surface area contributed by atoms with Crippen LogP contribution in [-0.4, -0.2) is 24.4 Å². The Morgan fingerprint density at radius 1 is 1.20 bits per heavy atom. The third-order valence-electron chi connectivity index (χ3n) is 4.38. The quantitative estimate of drug-likeness (QED) is 0.768. The Kier molecular flexibility index (Phi) is 3.32. The van der Waals surface area contributed by atoms with Crippen molar-refractivity contribution in [2.24, 2.45) is 0 Å². The summed E-state index contributed by atoms with van der Waals surface area (Å²) in [6, 6.07) is 3.07. The second kappa shape index (κ2) is 4.38. The predicted octanol–water partition coefficient (Wildman–Crippen LogP) is 3.94. The lowest BCUT2D eigenvalue weighted by molar-refractivity contribution is 0.501. The van der Waals surface area contributed by atoms with Crippen molar-refractivity contribution < 1.29 is 12.9 Å².